The van der Waals surface area contributed by atoms with Crippen molar-refractivity contribution >= 4 is 44.6 Å². The van der Waals surface area contributed by atoms with Crippen LogP contribution in [0, 0.1) is 0 Å². The first kappa shape index (κ1) is 17.9. The molecule has 3 aromatic carbocycles. The van der Waals surface area contributed by atoms with Gasteiger partial charge in [-0.1, -0.05) is 34.1 Å². The molecule has 0 amide bonds. The summed E-state index contributed by atoms with van der Waals surface area (Å²) in [5.74, 6) is -0.118. The van der Waals surface area contributed by atoms with Crippen molar-refractivity contribution in [1.29, 1.82) is 0 Å². The fourth-order valence-corrected chi connectivity index (χ4v) is 4.30. The largest absolute Gasteiger partial charge is 0.478 e. The number of thioether (sulfide) groups is 1. The minimum atomic E-state index is -0.898. The van der Waals surface area contributed by atoms with Crippen molar-refractivity contribution in [2.75, 3.05) is 0 Å². The lowest BCUT2D eigenvalue weighted by Gasteiger charge is -2.09. The van der Waals surface area contributed by atoms with Crippen LogP contribution in [0.1, 0.15) is 15.9 Å². The van der Waals surface area contributed by atoms with E-state index in [1.54, 1.807) is 30.0 Å². The van der Waals surface area contributed by atoms with Gasteiger partial charge in [-0.3, -0.25) is 0 Å². The van der Waals surface area contributed by atoms with Crippen molar-refractivity contribution < 1.29 is 9.90 Å². The van der Waals surface area contributed by atoms with Crippen LogP contribution >= 0.6 is 27.7 Å². The molecule has 1 aromatic heterocycles. The molecule has 0 aliphatic heterocycles. The lowest BCUT2D eigenvalue weighted by atomic mass is 10.2. The monoisotopic (exact) mass is 437 g/mol. The molecule has 1 N–H and O–H groups in total. The van der Waals surface area contributed by atoms with E-state index < -0.39 is 5.97 Å². The van der Waals surface area contributed by atoms with Crippen LogP contribution in [0.25, 0.3) is 16.6 Å². The highest BCUT2D eigenvalue weighted by molar-refractivity contribution is 9.10. The van der Waals surface area contributed by atoms with Crippen LogP contribution < -0.4 is 0 Å². The number of carboxylic acids is 1. The number of benzene rings is 3. The molecule has 0 saturated heterocycles. The molecule has 0 radical (unpaired) electrons. The molecule has 3 nitrogen and oxygen atoms in total. The van der Waals surface area contributed by atoms with E-state index in [1.807, 2.05) is 12.1 Å². The molecular formula is C22H16BrNO2S. The van der Waals surface area contributed by atoms with Gasteiger partial charge in [-0.2, -0.15) is 0 Å². The molecule has 4 rings (SSSR count). The van der Waals surface area contributed by atoms with Gasteiger partial charge < -0.3 is 9.67 Å². The first-order valence-corrected chi connectivity index (χ1v) is 10.2. The SMILES string of the molecule is O=C(O)c1cccc(SCc2cccc(-n3ccc4cc(Br)ccc43)c2)c1. The summed E-state index contributed by atoms with van der Waals surface area (Å²) in [5.41, 5.74) is 3.79. The first-order valence-electron chi connectivity index (χ1n) is 8.42. The number of hydrogen-bond donors (Lipinski definition) is 1. The number of halogens is 1. The Balaban J connectivity index is 1.57. The average molecular weight is 438 g/mol. The van der Waals surface area contributed by atoms with Crippen molar-refractivity contribution in [1.82, 2.24) is 4.57 Å². The molecule has 5 heteroatoms. The molecule has 0 spiro atoms. The molecule has 0 atom stereocenters. The number of carboxylic acid groups (broad SMARTS) is 1. The number of carbonyl (C=O) groups is 1. The van der Waals surface area contributed by atoms with Crippen molar-refractivity contribution in [3.63, 3.8) is 0 Å². The summed E-state index contributed by atoms with van der Waals surface area (Å²) in [5, 5.41) is 10.3. The van der Waals surface area contributed by atoms with Gasteiger partial charge in [-0.15, -0.1) is 11.8 Å². The molecule has 0 unspecified atom stereocenters. The summed E-state index contributed by atoms with van der Waals surface area (Å²) in [6.07, 6.45) is 2.08. The van der Waals surface area contributed by atoms with E-state index in [0.29, 0.717) is 5.56 Å². The second-order valence-corrected chi connectivity index (χ2v) is 8.14. The maximum Gasteiger partial charge on any atom is 0.335 e. The third-order valence-corrected chi connectivity index (χ3v) is 5.89. The molecule has 27 heavy (non-hydrogen) atoms. The van der Waals surface area contributed by atoms with Crippen molar-refractivity contribution in [2.45, 2.75) is 10.6 Å². The molecular weight excluding hydrogens is 422 g/mol. The number of fused-ring (bicyclic) bond motifs is 1. The number of hydrogen-bond acceptors (Lipinski definition) is 2. The van der Waals surface area contributed by atoms with Crippen molar-refractivity contribution in [2.24, 2.45) is 0 Å². The second-order valence-electron chi connectivity index (χ2n) is 6.18. The van der Waals surface area contributed by atoms with Crippen LogP contribution in [0.15, 0.2) is 88.4 Å². The molecule has 0 aliphatic rings. The van der Waals surface area contributed by atoms with E-state index in [1.165, 1.54) is 10.9 Å². The summed E-state index contributed by atoms with van der Waals surface area (Å²) in [7, 11) is 0. The van der Waals surface area contributed by atoms with Crippen LogP contribution in [0.4, 0.5) is 0 Å². The van der Waals surface area contributed by atoms with Crippen LogP contribution in [0.5, 0.6) is 0 Å². The van der Waals surface area contributed by atoms with Gasteiger partial charge in [0.25, 0.3) is 0 Å². The Labute approximate surface area is 169 Å². The van der Waals surface area contributed by atoms with Gasteiger partial charge in [0.05, 0.1) is 11.1 Å². The zero-order valence-corrected chi connectivity index (χ0v) is 16.7. The standard InChI is InChI=1S/C22H16BrNO2S/c23-18-7-8-21-16(12-18)9-10-24(21)19-5-1-3-15(11-19)14-27-20-6-2-4-17(13-20)22(25)26/h1-13H,14H2,(H,25,26). The number of aromatic carboxylic acids is 1. The van der Waals surface area contributed by atoms with Crippen LogP contribution in [0.3, 0.4) is 0 Å². The molecule has 0 bridgehead atoms. The van der Waals surface area contributed by atoms with Gasteiger partial charge in [-0.25, -0.2) is 4.79 Å². The topological polar surface area (TPSA) is 42.2 Å². The van der Waals surface area contributed by atoms with Gasteiger partial charge in [0.15, 0.2) is 0 Å². The van der Waals surface area contributed by atoms with Crippen LogP contribution in [0.2, 0.25) is 0 Å². The highest BCUT2D eigenvalue weighted by atomic mass is 79.9. The Bertz CT molecular complexity index is 1140. The lowest BCUT2D eigenvalue weighted by molar-refractivity contribution is 0.0696. The van der Waals surface area contributed by atoms with Gasteiger partial charge in [0.1, 0.15) is 0 Å². The average Bonchev–Trinajstić information content (AvgIpc) is 3.10. The maximum absolute atomic E-state index is 11.1. The molecule has 0 saturated carbocycles. The third-order valence-electron chi connectivity index (χ3n) is 4.33. The van der Waals surface area contributed by atoms with Crippen molar-refractivity contribution in [3.8, 4) is 5.69 Å². The smallest absolute Gasteiger partial charge is 0.335 e. The fraction of sp³-hybridized carbons (Fsp3) is 0.0455. The minimum absolute atomic E-state index is 0.318. The summed E-state index contributed by atoms with van der Waals surface area (Å²) in [6, 6.07) is 23.9. The first-order chi connectivity index (χ1) is 13.1. The summed E-state index contributed by atoms with van der Waals surface area (Å²) in [6.45, 7) is 0. The van der Waals surface area contributed by atoms with E-state index in [4.69, 9.17) is 5.11 Å². The van der Waals surface area contributed by atoms with E-state index in [-0.39, 0.29) is 0 Å². The second kappa shape index (κ2) is 7.62. The molecule has 4 aromatic rings. The maximum atomic E-state index is 11.1. The highest BCUT2D eigenvalue weighted by Gasteiger charge is 2.06. The molecule has 0 aliphatic carbocycles. The Kier molecular flexibility index (Phi) is 5.05. The predicted octanol–water partition coefficient (Wildman–Crippen LogP) is 6.38. The minimum Gasteiger partial charge on any atom is -0.478 e. The normalized spacial score (nSPS) is 11.0. The zero-order chi connectivity index (χ0) is 18.8. The number of aromatic nitrogens is 1. The Morgan fingerprint density at radius 2 is 1.85 bits per heavy atom. The van der Waals surface area contributed by atoms with Gasteiger partial charge in [0.2, 0.25) is 0 Å². The van der Waals surface area contributed by atoms with E-state index >= 15 is 0 Å². The van der Waals surface area contributed by atoms with E-state index in [0.717, 1.165) is 26.3 Å². The summed E-state index contributed by atoms with van der Waals surface area (Å²) in [4.78, 5) is 12.1. The fourth-order valence-electron chi connectivity index (χ4n) is 3.02. The number of nitrogens with zero attached hydrogens (tertiary/aromatic N) is 1. The number of rotatable bonds is 5. The van der Waals surface area contributed by atoms with E-state index in [9.17, 15) is 4.79 Å². The van der Waals surface area contributed by atoms with Gasteiger partial charge in [-0.05, 0) is 60.2 Å². The van der Waals surface area contributed by atoms with Crippen LogP contribution in [-0.2, 0) is 5.75 Å². The highest BCUT2D eigenvalue weighted by Crippen LogP contribution is 2.27. The molecule has 134 valence electrons. The summed E-state index contributed by atoms with van der Waals surface area (Å²) >= 11 is 5.16. The zero-order valence-electron chi connectivity index (χ0n) is 14.3. The Hall–Kier alpha value is -2.50. The Morgan fingerprint density at radius 3 is 2.70 bits per heavy atom. The molecule has 0 fully saturated rings. The summed E-state index contributed by atoms with van der Waals surface area (Å²) < 4.78 is 3.25. The predicted molar refractivity (Wildman–Crippen MR) is 114 cm³/mol. The lowest BCUT2D eigenvalue weighted by Crippen LogP contribution is -1.95. The van der Waals surface area contributed by atoms with Crippen molar-refractivity contribution in [3.05, 3.63) is 94.6 Å². The Morgan fingerprint density at radius 1 is 1.00 bits per heavy atom. The molecule has 1 heterocycles. The quantitative estimate of drug-likeness (QED) is 0.368. The van der Waals surface area contributed by atoms with Gasteiger partial charge in [0, 0.05) is 32.4 Å². The third kappa shape index (κ3) is 3.94. The van der Waals surface area contributed by atoms with Crippen LogP contribution in [-0.4, -0.2) is 15.6 Å². The van der Waals surface area contributed by atoms with Gasteiger partial charge >= 0.3 is 5.97 Å². The van der Waals surface area contributed by atoms with E-state index in [2.05, 4.69) is 69.2 Å².